The van der Waals surface area contributed by atoms with E-state index < -0.39 is 5.97 Å². The number of amides is 1. The summed E-state index contributed by atoms with van der Waals surface area (Å²) in [5.74, 6) is -0.0970. The Hall–Kier alpha value is -1.84. The summed E-state index contributed by atoms with van der Waals surface area (Å²) in [7, 11) is 0. The molecule has 1 aliphatic rings. The molecule has 0 saturated heterocycles. The molecule has 2 N–H and O–H groups in total. The second-order valence-electron chi connectivity index (χ2n) is 4.87. The SMILES string of the molecule is C[C@H]1C[C@H]1C(=O)NCCc1cccc(C(=O)O)c1. The van der Waals surface area contributed by atoms with E-state index in [0.717, 1.165) is 12.0 Å². The van der Waals surface area contributed by atoms with Gasteiger partial charge in [0.05, 0.1) is 5.56 Å². The van der Waals surface area contributed by atoms with E-state index in [2.05, 4.69) is 12.2 Å². The molecule has 0 bridgehead atoms. The summed E-state index contributed by atoms with van der Waals surface area (Å²) < 4.78 is 0. The Morgan fingerprint density at radius 2 is 2.17 bits per heavy atom. The molecule has 1 amide bonds. The molecule has 2 rings (SSSR count). The summed E-state index contributed by atoms with van der Waals surface area (Å²) in [5, 5.41) is 11.7. The highest BCUT2D eigenvalue weighted by molar-refractivity contribution is 5.87. The van der Waals surface area contributed by atoms with Gasteiger partial charge in [-0.05, 0) is 36.5 Å². The number of rotatable bonds is 5. The van der Waals surface area contributed by atoms with Crippen LogP contribution in [0.2, 0.25) is 0 Å². The fourth-order valence-corrected chi connectivity index (χ4v) is 2.01. The molecule has 2 atom stereocenters. The van der Waals surface area contributed by atoms with Crippen molar-refractivity contribution < 1.29 is 14.7 Å². The summed E-state index contributed by atoms with van der Waals surface area (Å²) in [4.78, 5) is 22.4. The van der Waals surface area contributed by atoms with Crippen LogP contribution in [0.4, 0.5) is 0 Å². The van der Waals surface area contributed by atoms with Gasteiger partial charge in [-0.3, -0.25) is 4.79 Å². The largest absolute Gasteiger partial charge is 0.478 e. The summed E-state index contributed by atoms with van der Waals surface area (Å²) in [5.41, 5.74) is 1.22. The smallest absolute Gasteiger partial charge is 0.335 e. The summed E-state index contributed by atoms with van der Waals surface area (Å²) >= 11 is 0. The molecule has 1 aromatic rings. The lowest BCUT2D eigenvalue weighted by Crippen LogP contribution is -2.27. The maximum absolute atomic E-state index is 11.6. The highest BCUT2D eigenvalue weighted by Crippen LogP contribution is 2.37. The molecule has 0 heterocycles. The Labute approximate surface area is 106 Å². The normalized spacial score (nSPS) is 21.4. The van der Waals surface area contributed by atoms with Crippen LogP contribution in [0.25, 0.3) is 0 Å². The van der Waals surface area contributed by atoms with E-state index >= 15 is 0 Å². The molecule has 1 aliphatic carbocycles. The van der Waals surface area contributed by atoms with Crippen LogP contribution in [0.3, 0.4) is 0 Å². The minimum Gasteiger partial charge on any atom is -0.478 e. The van der Waals surface area contributed by atoms with E-state index in [1.165, 1.54) is 0 Å². The van der Waals surface area contributed by atoms with E-state index in [1.54, 1.807) is 18.2 Å². The van der Waals surface area contributed by atoms with Crippen LogP contribution in [0.15, 0.2) is 24.3 Å². The first-order valence-corrected chi connectivity index (χ1v) is 6.18. The first kappa shape index (κ1) is 12.6. The predicted molar refractivity (Wildman–Crippen MR) is 67.4 cm³/mol. The molecule has 4 nitrogen and oxygen atoms in total. The number of benzene rings is 1. The topological polar surface area (TPSA) is 66.4 Å². The number of aromatic carboxylic acids is 1. The van der Waals surface area contributed by atoms with Gasteiger partial charge in [0, 0.05) is 12.5 Å². The lowest BCUT2D eigenvalue weighted by molar-refractivity contribution is -0.122. The Balaban J connectivity index is 1.81. The average molecular weight is 247 g/mol. The van der Waals surface area contributed by atoms with Crippen LogP contribution in [0, 0.1) is 11.8 Å². The number of carboxylic acids is 1. The fraction of sp³-hybridized carbons (Fsp3) is 0.429. The number of carboxylic acid groups (broad SMARTS) is 1. The molecule has 0 aliphatic heterocycles. The Kier molecular flexibility index (Phi) is 3.65. The highest BCUT2D eigenvalue weighted by Gasteiger charge is 2.38. The van der Waals surface area contributed by atoms with Crippen molar-refractivity contribution in [2.75, 3.05) is 6.54 Å². The molecule has 0 spiro atoms. The zero-order chi connectivity index (χ0) is 13.1. The molecule has 0 unspecified atom stereocenters. The quantitative estimate of drug-likeness (QED) is 0.832. The molecule has 18 heavy (non-hydrogen) atoms. The fourth-order valence-electron chi connectivity index (χ4n) is 2.01. The molecular formula is C14H17NO3. The minimum absolute atomic E-state index is 0.122. The maximum Gasteiger partial charge on any atom is 0.335 e. The van der Waals surface area contributed by atoms with Gasteiger partial charge < -0.3 is 10.4 Å². The van der Waals surface area contributed by atoms with E-state index in [0.29, 0.717) is 18.9 Å². The molecule has 96 valence electrons. The van der Waals surface area contributed by atoms with E-state index in [4.69, 9.17) is 5.11 Å². The number of carbonyl (C=O) groups is 2. The number of hydrogen-bond donors (Lipinski definition) is 2. The third kappa shape index (κ3) is 3.09. The van der Waals surface area contributed by atoms with Crippen molar-refractivity contribution in [3.63, 3.8) is 0 Å². The molecule has 1 fully saturated rings. The summed E-state index contributed by atoms with van der Waals surface area (Å²) in [6, 6.07) is 6.81. The van der Waals surface area contributed by atoms with Crippen molar-refractivity contribution in [3.8, 4) is 0 Å². The van der Waals surface area contributed by atoms with Crippen molar-refractivity contribution in [1.29, 1.82) is 0 Å². The van der Waals surface area contributed by atoms with Gasteiger partial charge in [0.15, 0.2) is 0 Å². The monoisotopic (exact) mass is 247 g/mol. The molecular weight excluding hydrogens is 230 g/mol. The third-order valence-electron chi connectivity index (χ3n) is 3.33. The Bertz CT molecular complexity index is 470. The zero-order valence-corrected chi connectivity index (χ0v) is 10.3. The Morgan fingerprint density at radius 1 is 1.44 bits per heavy atom. The first-order valence-electron chi connectivity index (χ1n) is 6.18. The second kappa shape index (κ2) is 5.21. The van der Waals surface area contributed by atoms with E-state index in [1.807, 2.05) is 6.07 Å². The Morgan fingerprint density at radius 3 is 2.78 bits per heavy atom. The van der Waals surface area contributed by atoms with Crippen molar-refractivity contribution >= 4 is 11.9 Å². The van der Waals surface area contributed by atoms with Crippen LogP contribution in [-0.2, 0) is 11.2 Å². The third-order valence-corrected chi connectivity index (χ3v) is 3.33. The average Bonchev–Trinajstić information content (AvgIpc) is 3.07. The number of nitrogens with one attached hydrogen (secondary N) is 1. The summed E-state index contributed by atoms with van der Waals surface area (Å²) in [6.07, 6.45) is 1.65. The molecule has 0 radical (unpaired) electrons. The number of hydrogen-bond acceptors (Lipinski definition) is 2. The van der Waals surface area contributed by atoms with Gasteiger partial charge in [-0.1, -0.05) is 19.1 Å². The molecule has 1 aromatic carbocycles. The number of carbonyl (C=O) groups excluding carboxylic acids is 1. The van der Waals surface area contributed by atoms with E-state index in [9.17, 15) is 9.59 Å². The minimum atomic E-state index is -0.923. The van der Waals surface area contributed by atoms with Crippen molar-refractivity contribution in [2.24, 2.45) is 11.8 Å². The summed E-state index contributed by atoms with van der Waals surface area (Å²) in [6.45, 7) is 2.63. The predicted octanol–water partition coefficient (Wildman–Crippen LogP) is 1.70. The van der Waals surface area contributed by atoms with Crippen LogP contribution in [0.5, 0.6) is 0 Å². The molecule has 1 saturated carbocycles. The van der Waals surface area contributed by atoms with Gasteiger partial charge in [0.2, 0.25) is 5.91 Å². The van der Waals surface area contributed by atoms with Crippen LogP contribution in [-0.4, -0.2) is 23.5 Å². The van der Waals surface area contributed by atoms with Gasteiger partial charge >= 0.3 is 5.97 Å². The van der Waals surface area contributed by atoms with Gasteiger partial charge in [-0.2, -0.15) is 0 Å². The van der Waals surface area contributed by atoms with Gasteiger partial charge in [-0.25, -0.2) is 4.79 Å². The van der Waals surface area contributed by atoms with E-state index in [-0.39, 0.29) is 17.4 Å². The lowest BCUT2D eigenvalue weighted by Gasteiger charge is -2.05. The van der Waals surface area contributed by atoms with Crippen LogP contribution >= 0.6 is 0 Å². The van der Waals surface area contributed by atoms with Gasteiger partial charge in [0.25, 0.3) is 0 Å². The molecule has 0 aromatic heterocycles. The maximum atomic E-state index is 11.6. The molecule has 4 heteroatoms. The lowest BCUT2D eigenvalue weighted by atomic mass is 10.1. The zero-order valence-electron chi connectivity index (χ0n) is 10.3. The van der Waals surface area contributed by atoms with Crippen molar-refractivity contribution in [3.05, 3.63) is 35.4 Å². The van der Waals surface area contributed by atoms with Gasteiger partial charge in [0.1, 0.15) is 0 Å². The van der Waals surface area contributed by atoms with Crippen LogP contribution in [0.1, 0.15) is 29.3 Å². The van der Waals surface area contributed by atoms with Gasteiger partial charge in [-0.15, -0.1) is 0 Å². The van der Waals surface area contributed by atoms with Crippen LogP contribution < -0.4 is 5.32 Å². The van der Waals surface area contributed by atoms with Crippen molar-refractivity contribution in [2.45, 2.75) is 19.8 Å². The highest BCUT2D eigenvalue weighted by atomic mass is 16.4. The standard InChI is InChI=1S/C14H17NO3/c1-9-7-12(9)13(16)15-6-5-10-3-2-4-11(8-10)14(17)18/h2-4,8-9,12H,5-7H2,1H3,(H,15,16)(H,17,18)/t9-,12+/m0/s1. The first-order chi connectivity index (χ1) is 8.58. The second-order valence-corrected chi connectivity index (χ2v) is 4.87. The van der Waals surface area contributed by atoms with Crippen molar-refractivity contribution in [1.82, 2.24) is 5.32 Å².